The Morgan fingerprint density at radius 2 is 1.65 bits per heavy atom. The molecule has 2 atom stereocenters. The summed E-state index contributed by atoms with van der Waals surface area (Å²) in [6.07, 6.45) is 5.08. The van der Waals surface area contributed by atoms with E-state index in [2.05, 4.69) is 0 Å². The van der Waals surface area contributed by atoms with Crippen LogP contribution in [0.1, 0.15) is 46.4 Å². The lowest BCUT2D eigenvalue weighted by Crippen LogP contribution is -2.29. The van der Waals surface area contributed by atoms with E-state index in [4.69, 9.17) is 5.73 Å². The number of likely N-dealkylation sites (tertiary alicyclic amines) is 1. The Balaban J connectivity index is 1.76. The molecule has 1 aliphatic carbocycles. The molecule has 0 radical (unpaired) electrons. The molecule has 4 heteroatoms. The third-order valence-corrected chi connectivity index (χ3v) is 4.66. The predicted octanol–water partition coefficient (Wildman–Crippen LogP) is 2.05. The summed E-state index contributed by atoms with van der Waals surface area (Å²) in [7, 11) is 0. The molecule has 3 rings (SSSR count). The lowest BCUT2D eigenvalue weighted by Gasteiger charge is -2.22. The summed E-state index contributed by atoms with van der Waals surface area (Å²) in [4.78, 5) is 25.7. The standard InChI is InChI=1S/C16H20N2O2/c17-15(19)11-6-3-7-12(8-11)16(20)18-9-13-4-1-2-5-14(13)10-18/h3,6-8,13-14H,1-2,4-5,9-10H2,(H2,17,19). The fraction of sp³-hybridized carbons (Fsp3) is 0.500. The number of benzene rings is 1. The number of hydrogen-bond acceptors (Lipinski definition) is 2. The van der Waals surface area contributed by atoms with E-state index in [1.165, 1.54) is 25.7 Å². The highest BCUT2D eigenvalue weighted by Crippen LogP contribution is 2.36. The second kappa shape index (κ2) is 5.27. The molecule has 1 saturated carbocycles. The summed E-state index contributed by atoms with van der Waals surface area (Å²) < 4.78 is 0. The Bertz CT molecular complexity index is 527. The van der Waals surface area contributed by atoms with Gasteiger partial charge in [-0.25, -0.2) is 0 Å². The second-order valence-corrected chi connectivity index (χ2v) is 5.96. The molecule has 1 heterocycles. The number of fused-ring (bicyclic) bond motifs is 1. The molecule has 1 saturated heterocycles. The minimum atomic E-state index is -0.491. The first kappa shape index (κ1) is 13.2. The zero-order valence-electron chi connectivity index (χ0n) is 11.5. The molecule has 1 aromatic rings. The molecule has 4 nitrogen and oxygen atoms in total. The summed E-state index contributed by atoms with van der Waals surface area (Å²) in [5.74, 6) is 0.885. The van der Waals surface area contributed by atoms with Crippen LogP contribution in [-0.4, -0.2) is 29.8 Å². The van der Waals surface area contributed by atoms with Crippen molar-refractivity contribution in [2.45, 2.75) is 25.7 Å². The zero-order valence-corrected chi connectivity index (χ0v) is 11.5. The maximum Gasteiger partial charge on any atom is 0.253 e. The van der Waals surface area contributed by atoms with Gasteiger partial charge in [0.05, 0.1) is 0 Å². The third-order valence-electron chi connectivity index (χ3n) is 4.66. The molecule has 1 aromatic carbocycles. The fourth-order valence-electron chi connectivity index (χ4n) is 3.56. The van der Waals surface area contributed by atoms with Crippen LogP contribution in [0.15, 0.2) is 24.3 Å². The summed E-state index contributed by atoms with van der Waals surface area (Å²) in [5, 5.41) is 0. The van der Waals surface area contributed by atoms with Crippen LogP contribution >= 0.6 is 0 Å². The van der Waals surface area contributed by atoms with Crippen molar-refractivity contribution in [3.8, 4) is 0 Å². The van der Waals surface area contributed by atoms with Gasteiger partial charge >= 0.3 is 0 Å². The van der Waals surface area contributed by atoms with Crippen LogP contribution in [0.5, 0.6) is 0 Å². The third kappa shape index (κ3) is 2.42. The predicted molar refractivity (Wildman–Crippen MR) is 76.3 cm³/mol. The highest BCUT2D eigenvalue weighted by Gasteiger charge is 2.36. The minimum absolute atomic E-state index is 0.0301. The molecule has 1 aliphatic heterocycles. The highest BCUT2D eigenvalue weighted by molar-refractivity contribution is 5.99. The van der Waals surface area contributed by atoms with E-state index < -0.39 is 5.91 Å². The van der Waals surface area contributed by atoms with E-state index in [0.29, 0.717) is 23.0 Å². The summed E-state index contributed by atoms with van der Waals surface area (Å²) in [6.45, 7) is 1.73. The molecular weight excluding hydrogens is 252 g/mol. The van der Waals surface area contributed by atoms with Gasteiger partial charge < -0.3 is 10.6 Å². The van der Waals surface area contributed by atoms with Crippen molar-refractivity contribution in [1.29, 1.82) is 0 Å². The summed E-state index contributed by atoms with van der Waals surface area (Å²) >= 11 is 0. The zero-order chi connectivity index (χ0) is 14.1. The SMILES string of the molecule is NC(=O)c1cccc(C(=O)N2CC3CCCCC3C2)c1. The topological polar surface area (TPSA) is 63.4 Å². The van der Waals surface area contributed by atoms with Crippen LogP contribution < -0.4 is 5.73 Å². The first-order valence-electron chi connectivity index (χ1n) is 7.34. The molecule has 20 heavy (non-hydrogen) atoms. The van der Waals surface area contributed by atoms with Crippen molar-refractivity contribution in [2.24, 2.45) is 17.6 Å². The number of nitrogens with two attached hydrogens (primary N) is 1. The number of carbonyl (C=O) groups excluding carboxylic acids is 2. The van der Waals surface area contributed by atoms with Crippen molar-refractivity contribution >= 4 is 11.8 Å². The van der Waals surface area contributed by atoms with Crippen molar-refractivity contribution in [1.82, 2.24) is 4.90 Å². The van der Waals surface area contributed by atoms with Crippen molar-refractivity contribution in [2.75, 3.05) is 13.1 Å². The molecule has 2 fully saturated rings. The molecule has 0 spiro atoms. The molecule has 2 N–H and O–H groups in total. The number of carbonyl (C=O) groups is 2. The second-order valence-electron chi connectivity index (χ2n) is 5.96. The Hall–Kier alpha value is -1.84. The number of amides is 2. The van der Waals surface area contributed by atoms with Gasteiger partial charge in [0.25, 0.3) is 5.91 Å². The Labute approximate surface area is 118 Å². The molecule has 0 aromatic heterocycles. The van der Waals surface area contributed by atoms with E-state index in [1.54, 1.807) is 24.3 Å². The molecule has 2 unspecified atom stereocenters. The van der Waals surface area contributed by atoms with Gasteiger partial charge in [-0.15, -0.1) is 0 Å². The maximum absolute atomic E-state index is 12.5. The molecule has 2 amide bonds. The average molecular weight is 272 g/mol. The van der Waals surface area contributed by atoms with Gasteiger partial charge in [-0.3, -0.25) is 9.59 Å². The van der Waals surface area contributed by atoms with Crippen LogP contribution in [0.3, 0.4) is 0 Å². The van der Waals surface area contributed by atoms with Gasteiger partial charge in [0.15, 0.2) is 0 Å². The van der Waals surface area contributed by atoms with E-state index in [9.17, 15) is 9.59 Å². The Kier molecular flexibility index (Phi) is 3.47. The van der Waals surface area contributed by atoms with Crippen molar-refractivity contribution in [3.05, 3.63) is 35.4 Å². The largest absolute Gasteiger partial charge is 0.366 e. The van der Waals surface area contributed by atoms with Gasteiger partial charge in [-0.05, 0) is 42.9 Å². The van der Waals surface area contributed by atoms with Crippen LogP contribution in [0.2, 0.25) is 0 Å². The molecule has 106 valence electrons. The normalized spacial score (nSPS) is 25.3. The van der Waals surface area contributed by atoms with Crippen LogP contribution in [0.25, 0.3) is 0 Å². The van der Waals surface area contributed by atoms with E-state index in [1.807, 2.05) is 4.90 Å². The van der Waals surface area contributed by atoms with Crippen LogP contribution in [-0.2, 0) is 0 Å². The number of rotatable bonds is 2. The van der Waals surface area contributed by atoms with E-state index in [-0.39, 0.29) is 5.91 Å². The monoisotopic (exact) mass is 272 g/mol. The summed E-state index contributed by atoms with van der Waals surface area (Å²) in [6, 6.07) is 6.72. The Morgan fingerprint density at radius 1 is 1.05 bits per heavy atom. The highest BCUT2D eigenvalue weighted by atomic mass is 16.2. The molecule has 2 aliphatic rings. The van der Waals surface area contributed by atoms with Gasteiger partial charge in [0.2, 0.25) is 5.91 Å². The van der Waals surface area contributed by atoms with E-state index >= 15 is 0 Å². The number of nitrogens with zero attached hydrogens (tertiary/aromatic N) is 1. The summed E-state index contributed by atoms with van der Waals surface area (Å²) in [5.41, 5.74) is 6.23. The van der Waals surface area contributed by atoms with Crippen molar-refractivity contribution in [3.63, 3.8) is 0 Å². The van der Waals surface area contributed by atoms with Gasteiger partial charge in [0, 0.05) is 24.2 Å². The maximum atomic E-state index is 12.5. The van der Waals surface area contributed by atoms with Gasteiger partial charge in [-0.2, -0.15) is 0 Å². The van der Waals surface area contributed by atoms with E-state index in [0.717, 1.165) is 13.1 Å². The molecular formula is C16H20N2O2. The van der Waals surface area contributed by atoms with Crippen molar-refractivity contribution < 1.29 is 9.59 Å². The Morgan fingerprint density at radius 3 is 2.25 bits per heavy atom. The average Bonchev–Trinajstić information content (AvgIpc) is 2.90. The van der Waals surface area contributed by atoms with Crippen LogP contribution in [0.4, 0.5) is 0 Å². The number of hydrogen-bond donors (Lipinski definition) is 1. The molecule has 0 bridgehead atoms. The lowest BCUT2D eigenvalue weighted by molar-refractivity contribution is 0.0784. The fourth-order valence-corrected chi connectivity index (χ4v) is 3.56. The minimum Gasteiger partial charge on any atom is -0.366 e. The smallest absolute Gasteiger partial charge is 0.253 e. The van der Waals surface area contributed by atoms with Gasteiger partial charge in [0.1, 0.15) is 0 Å². The first-order valence-corrected chi connectivity index (χ1v) is 7.34. The quantitative estimate of drug-likeness (QED) is 0.895. The van der Waals surface area contributed by atoms with Crippen LogP contribution in [0, 0.1) is 11.8 Å². The lowest BCUT2D eigenvalue weighted by atomic mass is 9.82. The van der Waals surface area contributed by atoms with Gasteiger partial charge in [-0.1, -0.05) is 18.9 Å². The number of primary amides is 1. The first-order chi connectivity index (χ1) is 9.65.